The van der Waals surface area contributed by atoms with Gasteiger partial charge in [-0.1, -0.05) is 12.1 Å². The van der Waals surface area contributed by atoms with E-state index < -0.39 is 0 Å². The van der Waals surface area contributed by atoms with Crippen LogP contribution in [0.25, 0.3) is 0 Å². The van der Waals surface area contributed by atoms with Crippen molar-refractivity contribution in [3.05, 3.63) is 35.6 Å². The van der Waals surface area contributed by atoms with Gasteiger partial charge in [-0.15, -0.1) is 0 Å². The molecule has 1 atom stereocenters. The number of hydrogen-bond donors (Lipinski definition) is 1. The maximum Gasteiger partial charge on any atom is 0.123 e. The summed E-state index contributed by atoms with van der Waals surface area (Å²) in [7, 11) is 0. The molecule has 3 rings (SSSR count). The van der Waals surface area contributed by atoms with Crippen molar-refractivity contribution in [1.82, 2.24) is 5.32 Å². The highest BCUT2D eigenvalue weighted by Gasteiger charge is 2.39. The quantitative estimate of drug-likeness (QED) is 0.885. The Hall–Kier alpha value is -0.930. The zero-order valence-electron chi connectivity index (χ0n) is 10.6. The van der Waals surface area contributed by atoms with Crippen molar-refractivity contribution in [2.45, 2.75) is 37.2 Å². The van der Waals surface area contributed by atoms with Gasteiger partial charge in [-0.25, -0.2) is 4.39 Å². The Labute approximate surface area is 108 Å². The van der Waals surface area contributed by atoms with E-state index in [2.05, 4.69) is 11.4 Å². The van der Waals surface area contributed by atoms with Gasteiger partial charge < -0.3 is 10.1 Å². The van der Waals surface area contributed by atoms with Crippen molar-refractivity contribution in [2.24, 2.45) is 0 Å². The summed E-state index contributed by atoms with van der Waals surface area (Å²) in [4.78, 5) is 0. The Morgan fingerprint density at radius 2 is 2.28 bits per heavy atom. The van der Waals surface area contributed by atoms with Gasteiger partial charge in [0.15, 0.2) is 0 Å². The Balaban J connectivity index is 1.69. The minimum absolute atomic E-state index is 0.129. The van der Waals surface area contributed by atoms with E-state index in [-0.39, 0.29) is 11.2 Å². The second-order valence-electron chi connectivity index (χ2n) is 5.57. The maximum absolute atomic E-state index is 13.4. The van der Waals surface area contributed by atoms with Crippen molar-refractivity contribution in [3.8, 4) is 0 Å². The Kier molecular flexibility index (Phi) is 3.35. The van der Waals surface area contributed by atoms with Gasteiger partial charge in [0.2, 0.25) is 0 Å². The van der Waals surface area contributed by atoms with Gasteiger partial charge in [0.05, 0.1) is 6.10 Å². The number of ether oxygens (including phenoxy) is 1. The molecule has 0 spiro atoms. The van der Waals surface area contributed by atoms with E-state index in [4.69, 9.17) is 4.74 Å². The molecule has 2 nitrogen and oxygen atoms in total. The molecule has 1 unspecified atom stereocenters. The van der Waals surface area contributed by atoms with Gasteiger partial charge in [-0.3, -0.25) is 0 Å². The van der Waals surface area contributed by atoms with E-state index in [1.165, 1.54) is 18.9 Å². The maximum atomic E-state index is 13.4. The lowest BCUT2D eigenvalue weighted by Crippen LogP contribution is -2.57. The molecule has 2 fully saturated rings. The first kappa shape index (κ1) is 12.1. The molecule has 2 aliphatic rings. The fourth-order valence-electron chi connectivity index (χ4n) is 3.08. The molecule has 0 aromatic heterocycles. The van der Waals surface area contributed by atoms with Gasteiger partial charge in [0.1, 0.15) is 5.82 Å². The second kappa shape index (κ2) is 4.98. The summed E-state index contributed by atoms with van der Waals surface area (Å²) in [6.45, 7) is 2.84. The van der Waals surface area contributed by atoms with Crippen LogP contribution in [0, 0.1) is 5.82 Å². The van der Waals surface area contributed by atoms with Crippen molar-refractivity contribution in [2.75, 3.05) is 19.7 Å². The summed E-state index contributed by atoms with van der Waals surface area (Å²) in [5.74, 6) is -0.129. The SMILES string of the molecule is Fc1cccc(C2(CCC3CCCO3)CNC2)c1. The molecule has 2 heterocycles. The number of hydrogen-bond acceptors (Lipinski definition) is 2. The number of nitrogens with one attached hydrogen (secondary N) is 1. The topological polar surface area (TPSA) is 21.3 Å². The molecule has 0 radical (unpaired) electrons. The molecular formula is C15H20FNO. The van der Waals surface area contributed by atoms with Crippen LogP contribution in [0.2, 0.25) is 0 Å². The molecule has 2 saturated heterocycles. The zero-order chi connectivity index (χ0) is 12.4. The monoisotopic (exact) mass is 249 g/mol. The largest absolute Gasteiger partial charge is 0.378 e. The molecule has 2 aliphatic heterocycles. The van der Waals surface area contributed by atoms with Crippen LogP contribution >= 0.6 is 0 Å². The molecule has 18 heavy (non-hydrogen) atoms. The van der Waals surface area contributed by atoms with E-state index in [0.29, 0.717) is 6.10 Å². The summed E-state index contributed by atoms with van der Waals surface area (Å²) in [5, 5.41) is 3.33. The molecule has 0 amide bonds. The highest BCUT2D eigenvalue weighted by atomic mass is 19.1. The third-order valence-electron chi connectivity index (χ3n) is 4.33. The second-order valence-corrected chi connectivity index (χ2v) is 5.57. The molecule has 3 heteroatoms. The van der Waals surface area contributed by atoms with Crippen molar-refractivity contribution in [3.63, 3.8) is 0 Å². The molecule has 0 bridgehead atoms. The standard InChI is InChI=1S/C15H20FNO/c16-13-4-1-3-12(9-13)15(10-17-11-15)7-6-14-5-2-8-18-14/h1,3-4,9,14,17H,2,5-8,10-11H2. The average Bonchev–Trinajstić information content (AvgIpc) is 2.81. The molecule has 98 valence electrons. The van der Waals surface area contributed by atoms with E-state index in [1.54, 1.807) is 6.07 Å². The Morgan fingerprint density at radius 1 is 1.39 bits per heavy atom. The van der Waals surface area contributed by atoms with Crippen LogP contribution in [-0.2, 0) is 10.2 Å². The molecule has 1 N–H and O–H groups in total. The summed E-state index contributed by atoms with van der Waals surface area (Å²) in [6, 6.07) is 7.08. The third-order valence-corrected chi connectivity index (χ3v) is 4.33. The van der Waals surface area contributed by atoms with Crippen LogP contribution in [0.3, 0.4) is 0 Å². The van der Waals surface area contributed by atoms with Crippen LogP contribution in [-0.4, -0.2) is 25.8 Å². The number of rotatable bonds is 4. The van der Waals surface area contributed by atoms with Gasteiger partial charge in [-0.05, 0) is 43.4 Å². The van der Waals surface area contributed by atoms with Crippen LogP contribution in [0.5, 0.6) is 0 Å². The zero-order valence-corrected chi connectivity index (χ0v) is 10.6. The number of benzene rings is 1. The first-order chi connectivity index (χ1) is 8.78. The lowest BCUT2D eigenvalue weighted by Gasteiger charge is -2.44. The Morgan fingerprint density at radius 3 is 2.89 bits per heavy atom. The normalized spacial score (nSPS) is 25.9. The van der Waals surface area contributed by atoms with Gasteiger partial charge in [-0.2, -0.15) is 0 Å². The third kappa shape index (κ3) is 2.29. The molecule has 1 aromatic rings. The van der Waals surface area contributed by atoms with Crippen LogP contribution in [0.15, 0.2) is 24.3 Å². The van der Waals surface area contributed by atoms with Gasteiger partial charge in [0.25, 0.3) is 0 Å². The average molecular weight is 249 g/mol. The van der Waals surface area contributed by atoms with Crippen molar-refractivity contribution < 1.29 is 9.13 Å². The predicted octanol–water partition coefficient (Wildman–Crippen LogP) is 2.63. The first-order valence-corrected chi connectivity index (χ1v) is 6.87. The highest BCUT2D eigenvalue weighted by molar-refractivity contribution is 5.30. The van der Waals surface area contributed by atoms with E-state index >= 15 is 0 Å². The van der Waals surface area contributed by atoms with Crippen LogP contribution in [0.4, 0.5) is 4.39 Å². The number of halogens is 1. The smallest absolute Gasteiger partial charge is 0.123 e. The summed E-state index contributed by atoms with van der Waals surface area (Å²) >= 11 is 0. The van der Waals surface area contributed by atoms with Gasteiger partial charge in [0, 0.05) is 25.1 Å². The van der Waals surface area contributed by atoms with Crippen molar-refractivity contribution in [1.29, 1.82) is 0 Å². The van der Waals surface area contributed by atoms with Crippen molar-refractivity contribution >= 4 is 0 Å². The molecule has 0 saturated carbocycles. The lowest BCUT2D eigenvalue weighted by molar-refractivity contribution is 0.0899. The van der Waals surface area contributed by atoms with Gasteiger partial charge >= 0.3 is 0 Å². The highest BCUT2D eigenvalue weighted by Crippen LogP contribution is 2.35. The Bertz CT molecular complexity index is 411. The summed E-state index contributed by atoms with van der Waals surface area (Å²) in [6.07, 6.45) is 4.99. The van der Waals surface area contributed by atoms with E-state index in [0.717, 1.165) is 38.1 Å². The molecular weight excluding hydrogens is 229 g/mol. The van der Waals surface area contributed by atoms with E-state index in [1.807, 2.05) is 6.07 Å². The minimum atomic E-state index is -0.129. The fraction of sp³-hybridized carbons (Fsp3) is 0.600. The van der Waals surface area contributed by atoms with E-state index in [9.17, 15) is 4.39 Å². The lowest BCUT2D eigenvalue weighted by atomic mass is 9.71. The summed E-state index contributed by atoms with van der Waals surface area (Å²) < 4.78 is 19.0. The predicted molar refractivity (Wildman–Crippen MR) is 69.2 cm³/mol. The molecule has 1 aromatic carbocycles. The first-order valence-electron chi connectivity index (χ1n) is 6.87. The van der Waals surface area contributed by atoms with Crippen LogP contribution < -0.4 is 5.32 Å². The minimum Gasteiger partial charge on any atom is -0.378 e. The fourth-order valence-corrected chi connectivity index (χ4v) is 3.08. The summed E-state index contributed by atoms with van der Waals surface area (Å²) in [5.41, 5.74) is 1.27. The molecule has 0 aliphatic carbocycles. The van der Waals surface area contributed by atoms with Crippen LogP contribution in [0.1, 0.15) is 31.2 Å².